The second-order valence-corrected chi connectivity index (χ2v) is 15.5. The van der Waals surface area contributed by atoms with Gasteiger partial charge in [-0.05, 0) is 51.3 Å². The van der Waals surface area contributed by atoms with E-state index in [9.17, 15) is 45.0 Å². The monoisotopic (exact) mass is 786 g/mol. The number of aromatic hydroxyl groups is 2. The Kier molecular flexibility index (Phi) is 11.4. The predicted octanol–water partition coefficient (Wildman–Crippen LogP) is 2.38. The van der Waals surface area contributed by atoms with Crippen LogP contribution in [-0.4, -0.2) is 129 Å². The summed E-state index contributed by atoms with van der Waals surface area (Å²) < 4.78 is 41.6. The first-order valence-electron chi connectivity index (χ1n) is 19.1. The Morgan fingerprint density at radius 3 is 2.00 bits per heavy atom. The maximum Gasteiger partial charge on any atom is 0.316 e. The number of rotatable bonds is 8. The third kappa shape index (κ3) is 7.14. The van der Waals surface area contributed by atoms with Crippen LogP contribution in [0, 0.1) is 0 Å². The van der Waals surface area contributed by atoms with Gasteiger partial charge in [-0.2, -0.15) is 0 Å². The smallest absolute Gasteiger partial charge is 0.316 e. The largest absolute Gasteiger partial charge is 0.507 e. The van der Waals surface area contributed by atoms with E-state index in [4.69, 9.17) is 33.2 Å². The summed E-state index contributed by atoms with van der Waals surface area (Å²) in [5, 5.41) is 66.8. The van der Waals surface area contributed by atoms with Crippen molar-refractivity contribution in [3.8, 4) is 11.5 Å². The van der Waals surface area contributed by atoms with E-state index in [0.717, 1.165) is 7.11 Å². The van der Waals surface area contributed by atoms with Crippen LogP contribution in [0.15, 0.2) is 24.3 Å². The van der Waals surface area contributed by atoms with Crippen molar-refractivity contribution in [2.75, 3.05) is 7.11 Å². The lowest BCUT2D eigenvalue weighted by atomic mass is 9.67. The van der Waals surface area contributed by atoms with E-state index in [-0.39, 0.29) is 59.1 Å². The molecule has 2 aromatic carbocycles. The number of hydrogen-bond acceptors (Lipinski definition) is 16. The van der Waals surface area contributed by atoms with E-state index in [1.54, 1.807) is 27.7 Å². The number of aliphatic hydroxyl groups excluding tert-OH is 3. The van der Waals surface area contributed by atoms with Crippen molar-refractivity contribution in [1.29, 1.82) is 0 Å². The molecule has 0 aromatic heterocycles. The molecule has 0 amide bonds. The quantitative estimate of drug-likeness (QED) is 0.180. The molecular formula is C40H50O16. The molecule has 6 N–H and O–H groups in total. The average Bonchev–Trinajstić information content (AvgIpc) is 3.14. The van der Waals surface area contributed by atoms with Gasteiger partial charge < -0.3 is 63.8 Å². The molecule has 7 rings (SSSR count). The Hall–Kier alpha value is -3.55. The molecule has 0 bridgehead atoms. The number of phenols is 2. The van der Waals surface area contributed by atoms with Gasteiger partial charge in [0.25, 0.3) is 0 Å². The molecule has 3 aliphatic heterocycles. The molecule has 3 heterocycles. The Balaban J connectivity index is 1.10. The number of esters is 1. The van der Waals surface area contributed by atoms with E-state index in [1.807, 2.05) is 0 Å². The number of phenolic OH excluding ortho intramolecular Hbond substituents is 2. The zero-order chi connectivity index (χ0) is 40.4. The van der Waals surface area contributed by atoms with Crippen LogP contribution >= 0.6 is 0 Å². The van der Waals surface area contributed by atoms with E-state index < -0.39 is 114 Å². The highest BCUT2D eigenvalue weighted by Gasteiger charge is 2.53. The highest BCUT2D eigenvalue weighted by atomic mass is 16.7. The zero-order valence-corrected chi connectivity index (χ0v) is 31.8. The van der Waals surface area contributed by atoms with Crippen molar-refractivity contribution in [2.45, 2.75) is 152 Å². The first-order chi connectivity index (χ1) is 26.6. The van der Waals surface area contributed by atoms with Gasteiger partial charge in [-0.3, -0.25) is 14.4 Å². The lowest BCUT2D eigenvalue weighted by Crippen LogP contribution is -2.55. The van der Waals surface area contributed by atoms with Crippen LogP contribution in [0.4, 0.5) is 0 Å². The number of ether oxygens (including phenoxy) is 7. The van der Waals surface area contributed by atoms with Crippen LogP contribution in [0.2, 0.25) is 0 Å². The fourth-order valence-electron chi connectivity index (χ4n) is 8.87. The van der Waals surface area contributed by atoms with Crippen LogP contribution < -0.4 is 0 Å². The van der Waals surface area contributed by atoms with Gasteiger partial charge in [-0.15, -0.1) is 0 Å². The second-order valence-electron chi connectivity index (χ2n) is 15.5. The van der Waals surface area contributed by atoms with Crippen molar-refractivity contribution < 1.29 is 78.2 Å². The normalized spacial score (nSPS) is 38.3. The molecule has 0 spiro atoms. The lowest BCUT2D eigenvalue weighted by Gasteiger charge is -2.46. The van der Waals surface area contributed by atoms with Gasteiger partial charge in [0.1, 0.15) is 29.6 Å². The minimum atomic E-state index is -1.80. The van der Waals surface area contributed by atoms with E-state index in [1.165, 1.54) is 24.3 Å². The summed E-state index contributed by atoms with van der Waals surface area (Å²) in [4.78, 5) is 40.9. The first-order valence-corrected chi connectivity index (χ1v) is 19.1. The SMILES string of the molecule is CC[C@@]1(O)C[C@H](O[C@H]2C[C@H](O)[C@H](O[C@H]3C[C@H](O)[C@H](O[C@H]4CC[C@@H](O)[C@H](C)O4)[C@H](C)O3)[C@H](C)O2)c2c(cc3c(c2O)C(=O)c2c(O)cccc2C3=O)[C@H]1C(=O)OC. The minimum Gasteiger partial charge on any atom is -0.507 e. The molecule has 2 aromatic rings. The average molecular weight is 787 g/mol. The third-order valence-electron chi connectivity index (χ3n) is 11.9. The zero-order valence-electron chi connectivity index (χ0n) is 31.8. The van der Waals surface area contributed by atoms with Crippen molar-refractivity contribution in [3.05, 3.63) is 57.6 Å². The summed E-state index contributed by atoms with van der Waals surface area (Å²) in [5.41, 5.74) is -2.77. The Labute approximate surface area is 323 Å². The van der Waals surface area contributed by atoms with E-state index >= 15 is 0 Å². The maximum atomic E-state index is 13.8. The molecule has 14 atom stereocenters. The molecule has 3 fully saturated rings. The van der Waals surface area contributed by atoms with Gasteiger partial charge in [-0.1, -0.05) is 19.1 Å². The van der Waals surface area contributed by atoms with Gasteiger partial charge in [0.15, 0.2) is 24.7 Å². The van der Waals surface area contributed by atoms with Gasteiger partial charge in [0.2, 0.25) is 5.78 Å². The minimum absolute atomic E-state index is 0.0237. The summed E-state index contributed by atoms with van der Waals surface area (Å²) in [5.74, 6) is -4.79. The Bertz CT molecular complexity index is 1820. The molecule has 3 saturated heterocycles. The summed E-state index contributed by atoms with van der Waals surface area (Å²) in [6, 6.07) is 5.33. The molecule has 5 aliphatic rings. The van der Waals surface area contributed by atoms with Gasteiger partial charge in [0, 0.05) is 42.4 Å². The fraction of sp³-hybridized carbons (Fsp3) is 0.625. The Morgan fingerprint density at radius 1 is 0.804 bits per heavy atom. The molecule has 0 saturated carbocycles. The summed E-state index contributed by atoms with van der Waals surface area (Å²) in [6.07, 6.45) is -9.51. The number of benzene rings is 2. The van der Waals surface area contributed by atoms with Gasteiger partial charge in [-0.25, -0.2) is 0 Å². The molecule has 306 valence electrons. The summed E-state index contributed by atoms with van der Waals surface area (Å²) >= 11 is 0. The number of carbonyl (C=O) groups is 3. The van der Waals surface area contributed by atoms with Crippen LogP contribution in [0.1, 0.15) is 121 Å². The molecule has 0 unspecified atom stereocenters. The molecule has 56 heavy (non-hydrogen) atoms. The van der Waals surface area contributed by atoms with E-state index in [0.29, 0.717) is 12.8 Å². The lowest BCUT2D eigenvalue weighted by molar-refractivity contribution is -0.333. The number of carbonyl (C=O) groups excluding carboxylic acids is 3. The Morgan fingerprint density at radius 2 is 1.41 bits per heavy atom. The summed E-state index contributed by atoms with van der Waals surface area (Å²) in [6.45, 7) is 6.79. The maximum absolute atomic E-state index is 13.8. The predicted molar refractivity (Wildman–Crippen MR) is 191 cm³/mol. The standard InChI is InChI=1S/C40H50O16/c1-6-40(49)15-26(31-20(33(40)39(48)50-5)12-21-32(36(31)47)35(46)30-19(34(21)45)8-7-9-23(30)42)54-28-13-24(43)38(18(4)52-28)56-29-14-25(44)37(17(3)53-29)55-27-11-10-22(41)16(2)51-27/h7-9,12,16-18,22,24-29,33,37-38,41-44,47,49H,6,10-11,13-15H2,1-5H3/t16-,17-,18-,22+,24-,25-,26-,27-,28-,29-,33-,37+,38+,40+/m0/s1. The van der Waals surface area contributed by atoms with E-state index in [2.05, 4.69) is 0 Å². The first kappa shape index (κ1) is 40.6. The molecular weight excluding hydrogens is 736 g/mol. The third-order valence-corrected chi connectivity index (χ3v) is 11.9. The van der Waals surface area contributed by atoms with Crippen molar-refractivity contribution in [3.63, 3.8) is 0 Å². The molecule has 2 aliphatic carbocycles. The van der Waals surface area contributed by atoms with Crippen LogP contribution in [0.5, 0.6) is 11.5 Å². The fourth-order valence-corrected chi connectivity index (χ4v) is 8.87. The van der Waals surface area contributed by atoms with Crippen molar-refractivity contribution in [1.82, 2.24) is 0 Å². The van der Waals surface area contributed by atoms with Crippen LogP contribution in [0.25, 0.3) is 0 Å². The number of fused-ring (bicyclic) bond motifs is 3. The van der Waals surface area contributed by atoms with Crippen molar-refractivity contribution in [2.24, 2.45) is 0 Å². The highest BCUT2D eigenvalue weighted by Crippen LogP contribution is 2.54. The number of methoxy groups -OCH3 is 1. The number of ketones is 2. The topological polar surface area (TPSA) is 237 Å². The van der Waals surface area contributed by atoms with Crippen LogP contribution in [0.3, 0.4) is 0 Å². The second kappa shape index (κ2) is 15.7. The highest BCUT2D eigenvalue weighted by molar-refractivity contribution is 6.30. The number of aliphatic hydroxyl groups is 4. The van der Waals surface area contributed by atoms with Gasteiger partial charge >= 0.3 is 5.97 Å². The summed E-state index contributed by atoms with van der Waals surface area (Å²) in [7, 11) is 1.15. The van der Waals surface area contributed by atoms with Gasteiger partial charge in [0.05, 0.1) is 66.6 Å². The van der Waals surface area contributed by atoms with Crippen molar-refractivity contribution >= 4 is 17.5 Å². The molecule has 16 heteroatoms. The number of hydrogen-bond donors (Lipinski definition) is 6. The molecule has 16 nitrogen and oxygen atoms in total. The van der Waals surface area contributed by atoms with Crippen LogP contribution in [-0.2, 0) is 38.0 Å². The molecule has 0 radical (unpaired) electrons.